The topological polar surface area (TPSA) is 80.9 Å². The van der Waals surface area contributed by atoms with E-state index in [1.54, 1.807) is 11.6 Å². The Balaban J connectivity index is 1.91. The maximum Gasteiger partial charge on any atom is 0.275 e. The Bertz CT molecular complexity index is 763. The smallest absolute Gasteiger partial charge is 0.275 e. The van der Waals surface area contributed by atoms with Crippen LogP contribution in [-0.4, -0.2) is 15.9 Å². The predicted molar refractivity (Wildman–Crippen MR) is 79.7 cm³/mol. The van der Waals surface area contributed by atoms with Crippen molar-refractivity contribution in [2.45, 2.75) is 6.54 Å². The van der Waals surface area contributed by atoms with Gasteiger partial charge >= 0.3 is 0 Å². The van der Waals surface area contributed by atoms with Gasteiger partial charge in [0.2, 0.25) is 0 Å². The van der Waals surface area contributed by atoms with Gasteiger partial charge < -0.3 is 11.1 Å². The van der Waals surface area contributed by atoms with E-state index in [0.29, 0.717) is 12.2 Å². The molecule has 0 saturated heterocycles. The number of nitrogens with zero attached hydrogens (tertiary/aromatic N) is 2. The van der Waals surface area contributed by atoms with Gasteiger partial charge in [-0.05, 0) is 24.3 Å². The van der Waals surface area contributed by atoms with Gasteiger partial charge in [0, 0.05) is 23.5 Å². The van der Waals surface area contributed by atoms with Gasteiger partial charge in [-0.15, -0.1) is 11.3 Å². The van der Waals surface area contributed by atoms with Crippen LogP contribution in [0.3, 0.4) is 0 Å². The van der Waals surface area contributed by atoms with Crippen LogP contribution in [0.15, 0.2) is 41.9 Å². The molecule has 0 bridgehead atoms. The lowest BCUT2D eigenvalue weighted by molar-refractivity contribution is 0.102. The average molecular weight is 284 g/mol. The minimum absolute atomic E-state index is 0.239. The standard InChI is InChI=1S/C14H12N4OS/c15-7-13-17-12(8-20-13)14(19)18-11-5-1-4-10-9(11)3-2-6-16-10/h1-6,8H,7,15H2,(H,18,19). The first-order valence-electron chi connectivity index (χ1n) is 6.07. The van der Waals surface area contributed by atoms with Crippen LogP contribution in [0.25, 0.3) is 10.9 Å². The first-order valence-corrected chi connectivity index (χ1v) is 6.95. The summed E-state index contributed by atoms with van der Waals surface area (Å²) in [5, 5.41) is 6.22. The largest absolute Gasteiger partial charge is 0.325 e. The molecular formula is C14H12N4OS. The Labute approximate surface area is 119 Å². The number of anilines is 1. The summed E-state index contributed by atoms with van der Waals surface area (Å²) in [5.41, 5.74) is 7.45. The fourth-order valence-corrected chi connectivity index (χ4v) is 2.56. The molecule has 3 aromatic rings. The van der Waals surface area contributed by atoms with Crippen molar-refractivity contribution in [3.8, 4) is 0 Å². The number of hydrogen-bond donors (Lipinski definition) is 2. The molecule has 0 aliphatic rings. The molecule has 1 amide bonds. The van der Waals surface area contributed by atoms with Crippen molar-refractivity contribution in [1.29, 1.82) is 0 Å². The molecule has 3 rings (SSSR count). The Morgan fingerprint density at radius 1 is 1.30 bits per heavy atom. The third kappa shape index (κ3) is 2.38. The Hall–Kier alpha value is -2.31. The molecule has 20 heavy (non-hydrogen) atoms. The lowest BCUT2D eigenvalue weighted by Gasteiger charge is -2.06. The summed E-state index contributed by atoms with van der Waals surface area (Å²) in [6.45, 7) is 0.343. The minimum atomic E-state index is -0.239. The van der Waals surface area contributed by atoms with E-state index < -0.39 is 0 Å². The van der Waals surface area contributed by atoms with Gasteiger partial charge in [0.05, 0.1) is 11.2 Å². The molecule has 5 nitrogen and oxygen atoms in total. The molecule has 0 aliphatic heterocycles. The number of fused-ring (bicyclic) bond motifs is 1. The SMILES string of the molecule is NCc1nc(C(=O)Nc2cccc3ncccc23)cs1. The normalized spacial score (nSPS) is 10.7. The minimum Gasteiger partial charge on any atom is -0.325 e. The Morgan fingerprint density at radius 3 is 3.00 bits per heavy atom. The van der Waals surface area contributed by atoms with E-state index in [2.05, 4.69) is 15.3 Å². The quantitative estimate of drug-likeness (QED) is 0.774. The summed E-state index contributed by atoms with van der Waals surface area (Å²) in [6.07, 6.45) is 1.72. The van der Waals surface area contributed by atoms with Crippen LogP contribution in [0, 0.1) is 0 Å². The number of nitrogens with two attached hydrogens (primary N) is 1. The van der Waals surface area contributed by atoms with Crippen molar-refractivity contribution in [1.82, 2.24) is 9.97 Å². The summed E-state index contributed by atoms with van der Waals surface area (Å²) in [5.74, 6) is -0.239. The molecule has 6 heteroatoms. The number of benzene rings is 1. The fourth-order valence-electron chi connectivity index (χ4n) is 1.91. The zero-order chi connectivity index (χ0) is 13.9. The molecule has 0 saturated carbocycles. The van der Waals surface area contributed by atoms with E-state index in [0.717, 1.165) is 21.6 Å². The second-order valence-corrected chi connectivity index (χ2v) is 5.10. The molecule has 0 fully saturated rings. The number of nitrogens with one attached hydrogen (secondary N) is 1. The number of carbonyl (C=O) groups excluding carboxylic acids is 1. The van der Waals surface area contributed by atoms with Crippen molar-refractivity contribution in [2.75, 3.05) is 5.32 Å². The molecule has 0 atom stereocenters. The highest BCUT2D eigenvalue weighted by Gasteiger charge is 2.11. The highest BCUT2D eigenvalue weighted by molar-refractivity contribution is 7.09. The molecule has 0 unspecified atom stereocenters. The van der Waals surface area contributed by atoms with Crippen LogP contribution in [0.1, 0.15) is 15.5 Å². The Morgan fingerprint density at radius 2 is 2.20 bits per heavy atom. The number of hydrogen-bond acceptors (Lipinski definition) is 5. The predicted octanol–water partition coefficient (Wildman–Crippen LogP) is 2.40. The van der Waals surface area contributed by atoms with Crippen molar-refractivity contribution in [3.05, 3.63) is 52.6 Å². The summed E-state index contributed by atoms with van der Waals surface area (Å²) < 4.78 is 0. The number of carbonyl (C=O) groups is 1. The number of rotatable bonds is 3. The zero-order valence-electron chi connectivity index (χ0n) is 10.5. The van der Waals surface area contributed by atoms with Crippen LogP contribution in [-0.2, 0) is 6.54 Å². The van der Waals surface area contributed by atoms with Crippen LogP contribution in [0.2, 0.25) is 0 Å². The van der Waals surface area contributed by atoms with Gasteiger partial charge in [-0.1, -0.05) is 6.07 Å². The molecule has 100 valence electrons. The molecule has 2 heterocycles. The Kier molecular flexibility index (Phi) is 3.41. The first-order chi connectivity index (χ1) is 9.78. The van der Waals surface area contributed by atoms with Crippen LogP contribution in [0.5, 0.6) is 0 Å². The lowest BCUT2D eigenvalue weighted by Crippen LogP contribution is -2.13. The summed E-state index contributed by atoms with van der Waals surface area (Å²) in [4.78, 5) is 20.6. The lowest BCUT2D eigenvalue weighted by atomic mass is 10.2. The van der Waals surface area contributed by atoms with E-state index >= 15 is 0 Å². The van der Waals surface area contributed by atoms with E-state index in [4.69, 9.17) is 5.73 Å². The molecule has 0 radical (unpaired) electrons. The molecular weight excluding hydrogens is 272 g/mol. The van der Waals surface area contributed by atoms with Gasteiger partial charge in [-0.25, -0.2) is 4.98 Å². The van der Waals surface area contributed by atoms with Gasteiger partial charge in [0.25, 0.3) is 5.91 Å². The summed E-state index contributed by atoms with van der Waals surface area (Å²) >= 11 is 1.38. The zero-order valence-corrected chi connectivity index (χ0v) is 11.4. The molecule has 2 aromatic heterocycles. The van der Waals surface area contributed by atoms with E-state index in [9.17, 15) is 4.79 Å². The van der Waals surface area contributed by atoms with Crippen molar-refractivity contribution in [3.63, 3.8) is 0 Å². The van der Waals surface area contributed by atoms with Crippen LogP contribution >= 0.6 is 11.3 Å². The first kappa shape index (κ1) is 12.7. The summed E-state index contributed by atoms with van der Waals surface area (Å²) in [6, 6.07) is 9.37. The van der Waals surface area contributed by atoms with Crippen molar-refractivity contribution < 1.29 is 4.79 Å². The molecule has 1 aromatic carbocycles. The third-order valence-corrected chi connectivity index (χ3v) is 3.72. The van der Waals surface area contributed by atoms with Crippen LogP contribution < -0.4 is 11.1 Å². The van der Waals surface area contributed by atoms with E-state index in [1.165, 1.54) is 11.3 Å². The highest BCUT2D eigenvalue weighted by Crippen LogP contribution is 2.22. The van der Waals surface area contributed by atoms with E-state index in [-0.39, 0.29) is 5.91 Å². The van der Waals surface area contributed by atoms with Gasteiger partial charge in [-0.2, -0.15) is 0 Å². The number of pyridine rings is 1. The fraction of sp³-hybridized carbons (Fsp3) is 0.0714. The second-order valence-electron chi connectivity index (χ2n) is 4.16. The van der Waals surface area contributed by atoms with Gasteiger partial charge in [0.15, 0.2) is 0 Å². The monoisotopic (exact) mass is 284 g/mol. The third-order valence-electron chi connectivity index (χ3n) is 2.85. The van der Waals surface area contributed by atoms with Crippen LogP contribution in [0.4, 0.5) is 5.69 Å². The average Bonchev–Trinajstić information content (AvgIpc) is 2.97. The molecule has 0 aliphatic carbocycles. The molecule has 0 spiro atoms. The van der Waals surface area contributed by atoms with Crippen molar-refractivity contribution >= 4 is 33.8 Å². The van der Waals surface area contributed by atoms with E-state index in [1.807, 2.05) is 30.3 Å². The highest BCUT2D eigenvalue weighted by atomic mass is 32.1. The van der Waals surface area contributed by atoms with Gasteiger partial charge in [0.1, 0.15) is 10.7 Å². The molecule has 3 N–H and O–H groups in total. The number of aromatic nitrogens is 2. The summed E-state index contributed by atoms with van der Waals surface area (Å²) in [7, 11) is 0. The van der Waals surface area contributed by atoms with Gasteiger partial charge in [-0.3, -0.25) is 9.78 Å². The maximum atomic E-state index is 12.2. The maximum absolute atomic E-state index is 12.2. The second kappa shape index (κ2) is 5.36. The number of thiazole rings is 1. The van der Waals surface area contributed by atoms with Crippen molar-refractivity contribution in [2.24, 2.45) is 5.73 Å². The number of amides is 1.